The molecule has 0 saturated heterocycles. The summed E-state index contributed by atoms with van der Waals surface area (Å²) in [5, 5.41) is 10.0. The van der Waals surface area contributed by atoms with Crippen LogP contribution in [0.25, 0.3) is 11.5 Å². The molecule has 4 rings (SSSR count). The average molecular weight is 499 g/mol. The van der Waals surface area contributed by atoms with E-state index < -0.39 is 25.8 Å². The third-order valence-electron chi connectivity index (χ3n) is 4.61. The van der Waals surface area contributed by atoms with Gasteiger partial charge in [-0.15, -0.1) is 5.10 Å². The molecule has 3 aromatic carbocycles. The van der Waals surface area contributed by atoms with Gasteiger partial charge in [0.15, 0.2) is 9.84 Å². The second-order valence-corrected chi connectivity index (χ2v) is 10.9. The van der Waals surface area contributed by atoms with Gasteiger partial charge in [-0.1, -0.05) is 29.4 Å². The summed E-state index contributed by atoms with van der Waals surface area (Å²) in [5.41, 5.74) is 0.888. The molecule has 0 fully saturated rings. The van der Waals surface area contributed by atoms with Crippen molar-refractivity contribution in [3.63, 3.8) is 0 Å². The summed E-state index contributed by atoms with van der Waals surface area (Å²) in [5.74, 6) is -0.524. The molecule has 34 heavy (non-hydrogen) atoms. The lowest BCUT2D eigenvalue weighted by atomic mass is 10.2. The number of benzene rings is 3. The van der Waals surface area contributed by atoms with Crippen LogP contribution in [0.4, 0.5) is 11.7 Å². The molecule has 0 aliphatic carbocycles. The van der Waals surface area contributed by atoms with E-state index in [-0.39, 0.29) is 32.9 Å². The Labute approximate surface area is 195 Å². The standard InChI is InChI=1S/C22H18N4O6S2/c1-33(28,29)19-9-5-6-16(14-19)21-24-25-22(32-21)23-20(27)15-10-12-17(13-11-15)26-34(30,31)18-7-3-2-4-8-18/h2-14,26H,1H3,(H,23,25,27). The van der Waals surface area contributed by atoms with E-state index in [0.717, 1.165) is 6.26 Å². The van der Waals surface area contributed by atoms with E-state index in [2.05, 4.69) is 20.2 Å². The molecule has 1 amide bonds. The molecule has 12 heteroatoms. The molecule has 0 saturated carbocycles. The summed E-state index contributed by atoms with van der Waals surface area (Å²) in [6.45, 7) is 0. The van der Waals surface area contributed by atoms with Crippen molar-refractivity contribution in [1.82, 2.24) is 10.2 Å². The van der Waals surface area contributed by atoms with Gasteiger partial charge in [0.2, 0.25) is 5.89 Å². The Hall–Kier alpha value is -4.03. The molecule has 0 bridgehead atoms. The largest absolute Gasteiger partial charge is 0.403 e. The maximum Gasteiger partial charge on any atom is 0.322 e. The number of sulfonamides is 1. The first kappa shape index (κ1) is 23.1. The summed E-state index contributed by atoms with van der Waals surface area (Å²) < 4.78 is 56.2. The van der Waals surface area contributed by atoms with Crippen molar-refractivity contribution < 1.29 is 26.0 Å². The molecule has 4 aromatic rings. The number of hydrogen-bond donors (Lipinski definition) is 2. The number of amides is 1. The first-order chi connectivity index (χ1) is 16.1. The molecule has 0 atom stereocenters. The van der Waals surface area contributed by atoms with Gasteiger partial charge in [-0.2, -0.15) is 0 Å². The van der Waals surface area contributed by atoms with Crippen LogP contribution in [0.2, 0.25) is 0 Å². The summed E-state index contributed by atoms with van der Waals surface area (Å²) >= 11 is 0. The number of hydrogen-bond acceptors (Lipinski definition) is 8. The number of aromatic nitrogens is 2. The molecule has 0 aliphatic rings. The Balaban J connectivity index is 1.45. The normalized spacial score (nSPS) is 11.7. The highest BCUT2D eigenvalue weighted by Crippen LogP contribution is 2.23. The maximum atomic E-state index is 12.5. The van der Waals surface area contributed by atoms with Crippen molar-refractivity contribution in [2.24, 2.45) is 0 Å². The van der Waals surface area contributed by atoms with Crippen LogP contribution in [0.15, 0.2) is 93.1 Å². The molecule has 2 N–H and O–H groups in total. The summed E-state index contributed by atoms with van der Waals surface area (Å²) in [6.07, 6.45) is 1.09. The molecule has 0 unspecified atom stereocenters. The zero-order valence-corrected chi connectivity index (χ0v) is 19.3. The van der Waals surface area contributed by atoms with E-state index in [9.17, 15) is 21.6 Å². The number of carbonyl (C=O) groups is 1. The van der Waals surface area contributed by atoms with Crippen molar-refractivity contribution in [2.45, 2.75) is 9.79 Å². The number of nitrogens with one attached hydrogen (secondary N) is 2. The summed E-state index contributed by atoms with van der Waals surface area (Å²) in [4.78, 5) is 12.7. The molecular formula is C22H18N4O6S2. The van der Waals surface area contributed by atoms with E-state index >= 15 is 0 Å². The number of nitrogens with zero attached hydrogens (tertiary/aromatic N) is 2. The van der Waals surface area contributed by atoms with E-state index in [1.54, 1.807) is 30.3 Å². The van der Waals surface area contributed by atoms with Crippen LogP contribution >= 0.6 is 0 Å². The number of anilines is 2. The lowest BCUT2D eigenvalue weighted by Crippen LogP contribution is -2.14. The van der Waals surface area contributed by atoms with Crippen LogP contribution in [-0.2, 0) is 19.9 Å². The van der Waals surface area contributed by atoms with Crippen molar-refractivity contribution in [3.05, 3.63) is 84.4 Å². The zero-order chi connectivity index (χ0) is 24.3. The SMILES string of the molecule is CS(=O)(=O)c1cccc(-c2nnc(NC(=O)c3ccc(NS(=O)(=O)c4ccccc4)cc3)o2)c1. The highest BCUT2D eigenvalue weighted by molar-refractivity contribution is 7.92. The van der Waals surface area contributed by atoms with Crippen LogP contribution in [0.3, 0.4) is 0 Å². The zero-order valence-electron chi connectivity index (χ0n) is 17.7. The Morgan fingerprint density at radius 3 is 2.18 bits per heavy atom. The minimum absolute atomic E-state index is 0.0338. The topological polar surface area (TPSA) is 148 Å². The van der Waals surface area contributed by atoms with Gasteiger partial charge in [-0.25, -0.2) is 16.8 Å². The second kappa shape index (κ2) is 9.08. The van der Waals surface area contributed by atoms with Gasteiger partial charge in [-0.3, -0.25) is 14.8 Å². The molecule has 1 aromatic heterocycles. The predicted octanol–water partition coefficient (Wildman–Crippen LogP) is 3.19. The van der Waals surface area contributed by atoms with E-state index in [4.69, 9.17) is 4.42 Å². The maximum absolute atomic E-state index is 12.5. The molecule has 0 spiro atoms. The smallest absolute Gasteiger partial charge is 0.322 e. The molecule has 10 nitrogen and oxygen atoms in total. The minimum Gasteiger partial charge on any atom is -0.403 e. The first-order valence-corrected chi connectivity index (χ1v) is 13.1. The van der Waals surface area contributed by atoms with E-state index in [0.29, 0.717) is 5.56 Å². The lowest BCUT2D eigenvalue weighted by molar-refractivity contribution is 0.102. The van der Waals surface area contributed by atoms with Gasteiger partial charge >= 0.3 is 6.01 Å². The Kier molecular flexibility index (Phi) is 6.18. The fourth-order valence-electron chi connectivity index (χ4n) is 2.92. The average Bonchev–Trinajstić information content (AvgIpc) is 3.28. The lowest BCUT2D eigenvalue weighted by Gasteiger charge is -2.08. The molecule has 0 radical (unpaired) electrons. The van der Waals surface area contributed by atoms with Gasteiger partial charge in [0.1, 0.15) is 0 Å². The van der Waals surface area contributed by atoms with Crippen molar-refractivity contribution in [2.75, 3.05) is 16.3 Å². The third kappa shape index (κ3) is 5.30. The van der Waals surface area contributed by atoms with Crippen LogP contribution in [-0.4, -0.2) is 39.2 Å². The van der Waals surface area contributed by atoms with Crippen LogP contribution in [0.5, 0.6) is 0 Å². The van der Waals surface area contributed by atoms with Gasteiger partial charge in [0.25, 0.3) is 15.9 Å². The highest BCUT2D eigenvalue weighted by atomic mass is 32.2. The first-order valence-electron chi connectivity index (χ1n) is 9.75. The highest BCUT2D eigenvalue weighted by Gasteiger charge is 2.16. The fraction of sp³-hybridized carbons (Fsp3) is 0.0455. The van der Waals surface area contributed by atoms with Crippen molar-refractivity contribution >= 4 is 37.5 Å². The minimum atomic E-state index is -3.75. The number of carbonyl (C=O) groups excluding carboxylic acids is 1. The number of rotatable bonds is 7. The van der Waals surface area contributed by atoms with Gasteiger partial charge in [0, 0.05) is 23.1 Å². The summed E-state index contributed by atoms with van der Waals surface area (Å²) in [6, 6.07) is 19.5. The van der Waals surface area contributed by atoms with Gasteiger partial charge < -0.3 is 4.42 Å². The number of sulfone groups is 1. The van der Waals surface area contributed by atoms with E-state index in [1.165, 1.54) is 48.5 Å². The molecule has 1 heterocycles. The predicted molar refractivity (Wildman–Crippen MR) is 124 cm³/mol. The van der Waals surface area contributed by atoms with Gasteiger partial charge in [-0.05, 0) is 54.6 Å². The quantitative estimate of drug-likeness (QED) is 0.395. The second-order valence-electron chi connectivity index (χ2n) is 7.16. The Morgan fingerprint density at radius 2 is 1.50 bits per heavy atom. The fourth-order valence-corrected chi connectivity index (χ4v) is 4.67. The van der Waals surface area contributed by atoms with Crippen molar-refractivity contribution in [1.29, 1.82) is 0 Å². The Bertz CT molecular complexity index is 1550. The summed E-state index contributed by atoms with van der Waals surface area (Å²) in [7, 11) is -7.17. The Morgan fingerprint density at radius 1 is 0.824 bits per heavy atom. The van der Waals surface area contributed by atoms with Crippen LogP contribution < -0.4 is 10.0 Å². The van der Waals surface area contributed by atoms with Crippen LogP contribution in [0.1, 0.15) is 10.4 Å². The molecular weight excluding hydrogens is 480 g/mol. The van der Waals surface area contributed by atoms with Crippen LogP contribution in [0, 0.1) is 0 Å². The van der Waals surface area contributed by atoms with Crippen molar-refractivity contribution in [3.8, 4) is 11.5 Å². The molecule has 174 valence electrons. The monoisotopic (exact) mass is 498 g/mol. The molecule has 0 aliphatic heterocycles. The van der Waals surface area contributed by atoms with E-state index in [1.807, 2.05) is 0 Å². The van der Waals surface area contributed by atoms with Gasteiger partial charge in [0.05, 0.1) is 9.79 Å². The third-order valence-corrected chi connectivity index (χ3v) is 7.11.